The number of nitrogens with zero attached hydrogens (tertiary/aromatic N) is 2. The molecule has 8 heteroatoms. The van der Waals surface area contributed by atoms with Crippen LogP contribution in [0.5, 0.6) is 0 Å². The smallest absolute Gasteiger partial charge is 0.326 e. The molecular weight excluding hydrogens is 374 g/mol. The quantitative estimate of drug-likeness (QED) is 0.573. The Morgan fingerprint density at radius 2 is 1.83 bits per heavy atom. The molecule has 0 radical (unpaired) electrons. The summed E-state index contributed by atoms with van der Waals surface area (Å²) in [4.78, 5) is 53.6. The average molecular weight is 401 g/mol. The van der Waals surface area contributed by atoms with E-state index in [0.29, 0.717) is 12.0 Å². The summed E-state index contributed by atoms with van der Waals surface area (Å²) in [6.07, 6.45) is 0.291. The number of carbonyl (C=O) groups is 4. The number of esters is 1. The Hall–Kier alpha value is -2.74. The van der Waals surface area contributed by atoms with Crippen LogP contribution in [0.2, 0.25) is 0 Å². The second kappa shape index (κ2) is 7.59. The van der Waals surface area contributed by atoms with Gasteiger partial charge in [-0.15, -0.1) is 0 Å². The highest BCUT2D eigenvalue weighted by Crippen LogP contribution is 2.44. The molecule has 2 aliphatic rings. The summed E-state index contributed by atoms with van der Waals surface area (Å²) in [5.74, 6) is -3.06. The van der Waals surface area contributed by atoms with Crippen LogP contribution in [0.1, 0.15) is 29.3 Å². The van der Waals surface area contributed by atoms with Crippen molar-refractivity contribution >= 4 is 23.7 Å². The van der Waals surface area contributed by atoms with E-state index in [1.165, 1.54) is 19.1 Å². The summed E-state index contributed by atoms with van der Waals surface area (Å²) in [6, 6.07) is 6.68. The Morgan fingerprint density at radius 1 is 1.21 bits per heavy atom. The number of fused-ring (bicyclic) bond motifs is 1. The molecule has 2 aliphatic heterocycles. The zero-order valence-electron chi connectivity index (χ0n) is 17.4. The minimum Gasteiger partial charge on any atom is -0.468 e. The Labute approximate surface area is 170 Å². The van der Waals surface area contributed by atoms with Crippen LogP contribution >= 0.6 is 0 Å². The number of hydrogen-bond acceptors (Lipinski definition) is 6. The summed E-state index contributed by atoms with van der Waals surface area (Å²) >= 11 is 0. The summed E-state index contributed by atoms with van der Waals surface area (Å²) < 4.78 is 4.97. The lowest BCUT2D eigenvalue weighted by Gasteiger charge is -2.31. The zero-order chi connectivity index (χ0) is 21.5. The van der Waals surface area contributed by atoms with Gasteiger partial charge in [-0.1, -0.05) is 24.6 Å². The molecule has 0 aliphatic carbocycles. The first-order valence-corrected chi connectivity index (χ1v) is 9.67. The van der Waals surface area contributed by atoms with Crippen molar-refractivity contribution in [2.45, 2.75) is 31.8 Å². The minimum atomic E-state index is -1.28. The number of aryl methyl sites for hydroxylation is 1. The molecule has 0 saturated carbocycles. The number of methoxy groups -OCH3 is 1. The van der Waals surface area contributed by atoms with Gasteiger partial charge in [0.1, 0.15) is 5.54 Å². The van der Waals surface area contributed by atoms with Crippen molar-refractivity contribution in [1.82, 2.24) is 15.1 Å². The molecule has 2 saturated heterocycles. The molecule has 2 heterocycles. The average Bonchev–Trinajstić information content (AvgIpc) is 3.17. The van der Waals surface area contributed by atoms with Gasteiger partial charge in [0.25, 0.3) is 5.91 Å². The largest absolute Gasteiger partial charge is 0.468 e. The van der Waals surface area contributed by atoms with Crippen LogP contribution in [0.25, 0.3) is 0 Å². The van der Waals surface area contributed by atoms with Crippen LogP contribution in [0.4, 0.5) is 0 Å². The van der Waals surface area contributed by atoms with Gasteiger partial charge in [0.2, 0.25) is 11.8 Å². The molecule has 0 bridgehead atoms. The van der Waals surface area contributed by atoms with E-state index in [2.05, 4.69) is 5.32 Å². The van der Waals surface area contributed by atoms with Gasteiger partial charge in [0, 0.05) is 32.2 Å². The molecule has 8 nitrogen and oxygen atoms in total. The van der Waals surface area contributed by atoms with Crippen molar-refractivity contribution in [3.63, 3.8) is 0 Å². The highest BCUT2D eigenvalue weighted by Gasteiger charge is 2.67. The number of likely N-dealkylation sites (N-methyl/N-ethyl adjacent to an activating group) is 1. The minimum absolute atomic E-state index is 0.180. The van der Waals surface area contributed by atoms with Crippen molar-refractivity contribution in [2.24, 2.45) is 11.8 Å². The fraction of sp³-hybridized carbons (Fsp3) is 0.524. The molecule has 0 spiro atoms. The van der Waals surface area contributed by atoms with E-state index < -0.39 is 35.3 Å². The van der Waals surface area contributed by atoms with Gasteiger partial charge in [0.05, 0.1) is 18.9 Å². The number of benzene rings is 1. The Kier molecular flexibility index (Phi) is 5.49. The van der Waals surface area contributed by atoms with Crippen molar-refractivity contribution in [3.05, 3.63) is 35.4 Å². The van der Waals surface area contributed by atoms with Crippen LogP contribution in [0.3, 0.4) is 0 Å². The number of amides is 3. The van der Waals surface area contributed by atoms with Crippen LogP contribution in [-0.4, -0.2) is 72.8 Å². The highest BCUT2D eigenvalue weighted by molar-refractivity contribution is 6.09. The van der Waals surface area contributed by atoms with Gasteiger partial charge in [-0.3, -0.25) is 29.4 Å². The topological polar surface area (TPSA) is 96.0 Å². The summed E-state index contributed by atoms with van der Waals surface area (Å²) in [5, 5.41) is 3.20. The molecule has 1 N–H and O–H groups in total. The Balaban J connectivity index is 1.89. The van der Waals surface area contributed by atoms with E-state index in [1.54, 1.807) is 26.1 Å². The van der Waals surface area contributed by atoms with Crippen LogP contribution in [0, 0.1) is 18.8 Å². The predicted molar refractivity (Wildman–Crippen MR) is 105 cm³/mol. The van der Waals surface area contributed by atoms with Gasteiger partial charge < -0.3 is 9.64 Å². The molecule has 1 aromatic carbocycles. The van der Waals surface area contributed by atoms with Gasteiger partial charge in [-0.2, -0.15) is 0 Å². The first-order chi connectivity index (χ1) is 13.7. The number of ether oxygens (including phenoxy) is 1. The molecule has 0 aromatic heterocycles. The van der Waals surface area contributed by atoms with E-state index in [-0.39, 0.29) is 18.4 Å². The third-order valence-corrected chi connectivity index (χ3v) is 6.20. The normalized spacial score (nSPS) is 28.4. The Morgan fingerprint density at radius 3 is 2.38 bits per heavy atom. The van der Waals surface area contributed by atoms with Crippen LogP contribution in [0.15, 0.2) is 24.3 Å². The third kappa shape index (κ3) is 3.21. The fourth-order valence-electron chi connectivity index (χ4n) is 4.56. The second-order valence-corrected chi connectivity index (χ2v) is 7.86. The van der Waals surface area contributed by atoms with E-state index >= 15 is 0 Å². The fourth-order valence-corrected chi connectivity index (χ4v) is 4.56. The van der Waals surface area contributed by atoms with Gasteiger partial charge in [0.15, 0.2) is 0 Å². The lowest BCUT2D eigenvalue weighted by Crippen LogP contribution is -2.57. The lowest BCUT2D eigenvalue weighted by molar-refractivity contribution is -0.154. The number of rotatable bonds is 5. The second-order valence-electron chi connectivity index (χ2n) is 7.86. The Bertz CT molecular complexity index is 852. The number of nitrogens with one attached hydrogen (secondary N) is 1. The molecule has 0 unspecified atom stereocenters. The van der Waals surface area contributed by atoms with E-state index in [4.69, 9.17) is 4.74 Å². The van der Waals surface area contributed by atoms with Crippen LogP contribution < -0.4 is 5.32 Å². The SMILES string of the molecule is CC[C@@]1(C(=O)OC)N[C@H](CN(C)C(=O)c2ccc(C)cc2)[C@@H]2C(=O)N(C)C(=O)[C@@H]21. The number of carbonyl (C=O) groups excluding carboxylic acids is 4. The van der Waals surface area contributed by atoms with Crippen molar-refractivity contribution < 1.29 is 23.9 Å². The summed E-state index contributed by atoms with van der Waals surface area (Å²) in [7, 11) is 4.34. The molecule has 3 amide bonds. The van der Waals surface area contributed by atoms with Crippen LogP contribution in [-0.2, 0) is 19.1 Å². The third-order valence-electron chi connectivity index (χ3n) is 6.20. The number of hydrogen-bond donors (Lipinski definition) is 1. The van der Waals surface area contributed by atoms with Gasteiger partial charge >= 0.3 is 5.97 Å². The standard InChI is InChI=1S/C21H27N3O5/c1-6-21(20(28)29-5)16-15(18(26)24(4)19(16)27)14(22-21)11-23(3)17(25)13-9-7-12(2)8-10-13/h7-10,14-16,22H,6,11H2,1-5H3/t14-,15+,16-,21-/m1/s1. The van der Waals surface area contributed by atoms with Gasteiger partial charge in [-0.25, -0.2) is 0 Å². The first-order valence-electron chi connectivity index (χ1n) is 9.67. The molecule has 2 fully saturated rings. The monoisotopic (exact) mass is 401 g/mol. The van der Waals surface area contributed by atoms with Gasteiger partial charge in [-0.05, 0) is 25.5 Å². The molecule has 4 atom stereocenters. The van der Waals surface area contributed by atoms with Crippen molar-refractivity contribution in [1.29, 1.82) is 0 Å². The van der Waals surface area contributed by atoms with E-state index in [0.717, 1.165) is 10.5 Å². The summed E-state index contributed by atoms with van der Waals surface area (Å²) in [5.41, 5.74) is 0.303. The maximum absolute atomic E-state index is 12.8. The highest BCUT2D eigenvalue weighted by atomic mass is 16.5. The molecule has 29 heavy (non-hydrogen) atoms. The van der Waals surface area contributed by atoms with Crippen molar-refractivity contribution in [3.8, 4) is 0 Å². The number of likely N-dealkylation sites (tertiary alicyclic amines) is 1. The number of imide groups is 1. The predicted octanol–water partition coefficient (Wildman–Crippen LogP) is 0.592. The molecule has 156 valence electrons. The summed E-state index contributed by atoms with van der Waals surface area (Å²) in [6.45, 7) is 3.90. The van der Waals surface area contributed by atoms with Crippen molar-refractivity contribution in [2.75, 3.05) is 27.7 Å². The first kappa shape index (κ1) is 21.0. The maximum atomic E-state index is 12.8. The molecule has 1 aromatic rings. The molecular formula is C21H27N3O5. The van der Waals surface area contributed by atoms with E-state index in [1.807, 2.05) is 19.1 Å². The lowest BCUT2D eigenvalue weighted by atomic mass is 9.78. The molecule has 3 rings (SSSR count). The maximum Gasteiger partial charge on any atom is 0.326 e. The van der Waals surface area contributed by atoms with E-state index in [9.17, 15) is 19.2 Å². The zero-order valence-corrected chi connectivity index (χ0v) is 17.4.